The molecule has 4 atom stereocenters. The molecule has 0 spiro atoms. The van der Waals surface area contributed by atoms with Crippen LogP contribution >= 0.6 is 0 Å². The number of amides is 2. The number of carbonyl (C=O) groups is 2. The summed E-state index contributed by atoms with van der Waals surface area (Å²) in [4.78, 5) is 29.1. The fraction of sp³-hybridized carbons (Fsp3) is 0.591. The maximum Gasteiger partial charge on any atom is 0.258 e. The first-order chi connectivity index (χ1) is 14.3. The lowest BCUT2D eigenvalue weighted by Crippen LogP contribution is -2.52. The van der Waals surface area contributed by atoms with Gasteiger partial charge in [-0.25, -0.2) is 0 Å². The highest BCUT2D eigenvalue weighted by atomic mass is 16.5. The van der Waals surface area contributed by atoms with Crippen LogP contribution in [0.2, 0.25) is 0 Å². The van der Waals surface area contributed by atoms with Crippen molar-refractivity contribution in [3.8, 4) is 11.8 Å². The molecule has 0 radical (unpaired) electrons. The minimum Gasteiger partial charge on any atom is -0.493 e. The van der Waals surface area contributed by atoms with Gasteiger partial charge < -0.3 is 24.0 Å². The Morgan fingerprint density at radius 3 is 2.67 bits per heavy atom. The van der Waals surface area contributed by atoms with Crippen molar-refractivity contribution in [1.82, 2.24) is 9.80 Å². The summed E-state index contributed by atoms with van der Waals surface area (Å²) in [6.45, 7) is 2.46. The van der Waals surface area contributed by atoms with Gasteiger partial charge in [0.25, 0.3) is 5.91 Å². The van der Waals surface area contributed by atoms with E-state index in [0.29, 0.717) is 30.9 Å². The normalized spacial score (nSPS) is 28.2. The SMILES string of the molecule is CO[C@@H]1CC[C@@H]2CCOc3ccc(C#N)cc3C(=O)N(C)[C@H](C)C(=O)N(C)C[C@@H]1O2. The standard InChI is InChI=1S/C22H29N3O5/c1-14-21(26)24(2)13-20-19(28-4)8-6-16(30-20)9-10-29-18-7-5-15(12-23)11-17(18)22(27)25(14)3/h5,7,11,14,16,19-20H,6,8-10,13H2,1-4H3/t14-,16-,19-,20+/m1/s1. The first-order valence-corrected chi connectivity index (χ1v) is 10.2. The number of benzene rings is 1. The van der Waals surface area contributed by atoms with Gasteiger partial charge in [0.15, 0.2) is 0 Å². The number of rotatable bonds is 1. The number of nitriles is 1. The fourth-order valence-corrected chi connectivity index (χ4v) is 3.98. The Bertz CT molecular complexity index is 837. The van der Waals surface area contributed by atoms with Crippen LogP contribution in [-0.4, -0.2) is 80.3 Å². The highest BCUT2D eigenvalue weighted by Crippen LogP contribution is 2.27. The summed E-state index contributed by atoms with van der Waals surface area (Å²) in [6, 6.07) is 6.12. The molecule has 2 heterocycles. The molecule has 1 fully saturated rings. The number of methoxy groups -OCH3 is 1. The Balaban J connectivity index is 1.94. The smallest absolute Gasteiger partial charge is 0.258 e. The summed E-state index contributed by atoms with van der Waals surface area (Å²) in [5, 5.41) is 9.23. The number of hydrogen-bond donors (Lipinski definition) is 0. The van der Waals surface area contributed by atoms with Gasteiger partial charge in [-0.15, -0.1) is 0 Å². The second-order valence-electron chi connectivity index (χ2n) is 7.92. The Morgan fingerprint density at radius 2 is 1.97 bits per heavy atom. The van der Waals surface area contributed by atoms with Crippen molar-refractivity contribution in [3.05, 3.63) is 29.3 Å². The molecule has 1 aromatic rings. The second-order valence-corrected chi connectivity index (χ2v) is 7.92. The van der Waals surface area contributed by atoms with Crippen LogP contribution in [0.5, 0.6) is 5.75 Å². The molecular formula is C22H29N3O5. The molecule has 1 saturated heterocycles. The van der Waals surface area contributed by atoms with E-state index in [1.165, 1.54) is 11.0 Å². The van der Waals surface area contributed by atoms with E-state index in [1.807, 2.05) is 6.07 Å². The number of ether oxygens (including phenoxy) is 3. The summed E-state index contributed by atoms with van der Waals surface area (Å²) in [6.07, 6.45) is 2.03. The van der Waals surface area contributed by atoms with Gasteiger partial charge in [-0.2, -0.15) is 5.26 Å². The Kier molecular flexibility index (Phi) is 6.95. The minimum absolute atomic E-state index is 0.00882. The zero-order chi connectivity index (χ0) is 21.8. The molecule has 0 N–H and O–H groups in total. The number of nitrogens with zero attached hydrogens (tertiary/aromatic N) is 3. The first-order valence-electron chi connectivity index (χ1n) is 10.2. The van der Waals surface area contributed by atoms with E-state index in [2.05, 4.69) is 0 Å². The maximum atomic E-state index is 13.2. The lowest BCUT2D eigenvalue weighted by atomic mass is 9.98. The van der Waals surface area contributed by atoms with Gasteiger partial charge >= 0.3 is 0 Å². The second kappa shape index (κ2) is 9.45. The van der Waals surface area contributed by atoms with Crippen molar-refractivity contribution in [2.45, 2.75) is 50.5 Å². The van der Waals surface area contributed by atoms with Gasteiger partial charge in [-0.05, 0) is 38.0 Å². The van der Waals surface area contributed by atoms with Crippen LogP contribution in [0.4, 0.5) is 0 Å². The summed E-state index contributed by atoms with van der Waals surface area (Å²) in [5.74, 6) is -0.153. The van der Waals surface area contributed by atoms with Crippen LogP contribution in [-0.2, 0) is 14.3 Å². The third kappa shape index (κ3) is 4.58. The molecule has 0 unspecified atom stereocenters. The molecule has 3 rings (SSSR count). The third-order valence-electron chi connectivity index (χ3n) is 5.98. The molecule has 0 saturated carbocycles. The van der Waals surface area contributed by atoms with Crippen molar-refractivity contribution in [1.29, 1.82) is 5.26 Å². The van der Waals surface area contributed by atoms with E-state index in [4.69, 9.17) is 14.2 Å². The molecular weight excluding hydrogens is 386 g/mol. The predicted octanol–water partition coefficient (Wildman–Crippen LogP) is 1.82. The van der Waals surface area contributed by atoms with Gasteiger partial charge in [0, 0.05) is 34.2 Å². The van der Waals surface area contributed by atoms with Gasteiger partial charge in [-0.1, -0.05) is 0 Å². The Hall–Kier alpha value is -2.63. The van der Waals surface area contributed by atoms with Crippen molar-refractivity contribution in [2.24, 2.45) is 0 Å². The molecule has 2 amide bonds. The zero-order valence-electron chi connectivity index (χ0n) is 18.0. The molecule has 2 aliphatic rings. The van der Waals surface area contributed by atoms with Gasteiger partial charge in [0.1, 0.15) is 17.9 Å². The number of hydrogen-bond acceptors (Lipinski definition) is 6. The summed E-state index contributed by atoms with van der Waals surface area (Å²) in [5.41, 5.74) is 0.637. The van der Waals surface area contributed by atoms with Crippen molar-refractivity contribution in [3.63, 3.8) is 0 Å². The summed E-state index contributed by atoms with van der Waals surface area (Å²) in [7, 11) is 4.96. The Labute approximate surface area is 177 Å². The highest BCUT2D eigenvalue weighted by Gasteiger charge is 2.35. The average Bonchev–Trinajstić information content (AvgIpc) is 2.76. The van der Waals surface area contributed by atoms with E-state index in [9.17, 15) is 14.9 Å². The van der Waals surface area contributed by atoms with Crippen molar-refractivity contribution >= 4 is 11.8 Å². The van der Waals surface area contributed by atoms with E-state index in [1.54, 1.807) is 45.2 Å². The maximum absolute atomic E-state index is 13.2. The van der Waals surface area contributed by atoms with Crippen molar-refractivity contribution in [2.75, 3.05) is 34.4 Å². The number of fused-ring (bicyclic) bond motifs is 3. The molecule has 8 nitrogen and oxygen atoms in total. The van der Waals surface area contributed by atoms with Crippen LogP contribution < -0.4 is 4.74 Å². The lowest BCUT2D eigenvalue weighted by Gasteiger charge is -2.39. The molecule has 162 valence electrons. The quantitative estimate of drug-likeness (QED) is 0.695. The van der Waals surface area contributed by atoms with E-state index >= 15 is 0 Å². The van der Waals surface area contributed by atoms with E-state index < -0.39 is 6.04 Å². The molecule has 1 aromatic carbocycles. The van der Waals surface area contributed by atoms with E-state index in [0.717, 1.165) is 12.8 Å². The molecule has 30 heavy (non-hydrogen) atoms. The zero-order valence-corrected chi connectivity index (χ0v) is 18.0. The fourth-order valence-electron chi connectivity index (χ4n) is 3.98. The largest absolute Gasteiger partial charge is 0.493 e. The predicted molar refractivity (Wildman–Crippen MR) is 109 cm³/mol. The lowest BCUT2D eigenvalue weighted by molar-refractivity contribution is -0.152. The monoisotopic (exact) mass is 415 g/mol. The molecule has 2 aliphatic heterocycles. The first kappa shape index (κ1) is 22.1. The summed E-state index contributed by atoms with van der Waals surface area (Å²) >= 11 is 0. The molecule has 2 bridgehead atoms. The van der Waals surface area contributed by atoms with Gasteiger partial charge in [-0.3, -0.25) is 9.59 Å². The molecule has 8 heteroatoms. The molecule has 0 aliphatic carbocycles. The third-order valence-corrected chi connectivity index (χ3v) is 5.98. The number of likely N-dealkylation sites (N-methyl/N-ethyl adjacent to an activating group) is 2. The van der Waals surface area contributed by atoms with Crippen molar-refractivity contribution < 1.29 is 23.8 Å². The van der Waals surface area contributed by atoms with Crippen LogP contribution in [0, 0.1) is 11.3 Å². The van der Waals surface area contributed by atoms with Gasteiger partial charge in [0.05, 0.1) is 36.0 Å². The topological polar surface area (TPSA) is 92.1 Å². The summed E-state index contributed by atoms with van der Waals surface area (Å²) < 4.78 is 17.7. The van der Waals surface area contributed by atoms with E-state index in [-0.39, 0.29) is 35.7 Å². The molecule has 0 aromatic heterocycles. The van der Waals surface area contributed by atoms with Gasteiger partial charge in [0.2, 0.25) is 5.91 Å². The number of carbonyl (C=O) groups excluding carboxylic acids is 2. The van der Waals surface area contributed by atoms with Crippen LogP contribution in [0.3, 0.4) is 0 Å². The minimum atomic E-state index is -0.690. The highest BCUT2D eigenvalue weighted by molar-refractivity contribution is 5.99. The Morgan fingerprint density at radius 1 is 1.20 bits per heavy atom. The average molecular weight is 415 g/mol. The van der Waals surface area contributed by atoms with Crippen LogP contribution in [0.15, 0.2) is 18.2 Å². The van der Waals surface area contributed by atoms with Crippen LogP contribution in [0.25, 0.3) is 0 Å². The van der Waals surface area contributed by atoms with Crippen LogP contribution in [0.1, 0.15) is 42.1 Å².